The minimum absolute atomic E-state index is 0.106. The lowest BCUT2D eigenvalue weighted by Gasteiger charge is -2.28. The molecular formula is C6H12N4. The second-order valence-electron chi connectivity index (χ2n) is 2.26. The van der Waals surface area contributed by atoms with Gasteiger partial charge in [0, 0.05) is 19.0 Å². The fraction of sp³-hybridized carbons (Fsp3) is 0.500. The van der Waals surface area contributed by atoms with Gasteiger partial charge in [-0.15, -0.1) is 0 Å². The standard InChI is InChI=1S/C6H12N4/c1-5-3-4-8-6(9-7)10(5)2/h3-4,6,9H,7H2,1-2H3. The molecule has 3 N–H and O–H groups in total. The Labute approximate surface area is 60.4 Å². The molecule has 0 saturated carbocycles. The van der Waals surface area contributed by atoms with E-state index in [0.29, 0.717) is 0 Å². The second kappa shape index (κ2) is 2.81. The Morgan fingerprint density at radius 3 is 3.00 bits per heavy atom. The van der Waals surface area contributed by atoms with E-state index in [4.69, 9.17) is 5.84 Å². The average Bonchev–Trinajstić information content (AvgIpc) is 1.95. The molecule has 0 aromatic rings. The molecule has 1 heterocycles. The van der Waals surface area contributed by atoms with Crippen molar-refractivity contribution in [2.45, 2.75) is 13.2 Å². The predicted octanol–water partition coefficient (Wildman–Crippen LogP) is -0.347. The highest BCUT2D eigenvalue weighted by molar-refractivity contribution is 5.72. The normalized spacial score (nSPS) is 24.9. The van der Waals surface area contributed by atoms with Gasteiger partial charge in [0.05, 0.1) is 0 Å². The number of nitrogens with zero attached hydrogens (tertiary/aromatic N) is 2. The first-order chi connectivity index (χ1) is 4.75. The fourth-order valence-electron chi connectivity index (χ4n) is 0.798. The van der Waals surface area contributed by atoms with Gasteiger partial charge in [-0.3, -0.25) is 10.8 Å². The number of hydrogen-bond acceptors (Lipinski definition) is 4. The molecule has 0 bridgehead atoms. The van der Waals surface area contributed by atoms with Gasteiger partial charge >= 0.3 is 0 Å². The van der Waals surface area contributed by atoms with Crippen LogP contribution in [-0.4, -0.2) is 24.5 Å². The number of hydrogen-bond donors (Lipinski definition) is 2. The van der Waals surface area contributed by atoms with Crippen LogP contribution < -0.4 is 11.3 Å². The van der Waals surface area contributed by atoms with E-state index in [1.165, 1.54) is 0 Å². The summed E-state index contributed by atoms with van der Waals surface area (Å²) in [4.78, 5) is 6.03. The van der Waals surface area contributed by atoms with Crippen molar-refractivity contribution in [2.24, 2.45) is 10.8 Å². The smallest absolute Gasteiger partial charge is 0.187 e. The Morgan fingerprint density at radius 2 is 2.50 bits per heavy atom. The summed E-state index contributed by atoms with van der Waals surface area (Å²) in [6, 6.07) is 0. The van der Waals surface area contributed by atoms with Crippen LogP contribution in [0.25, 0.3) is 0 Å². The van der Waals surface area contributed by atoms with Crippen LogP contribution in [0, 0.1) is 0 Å². The summed E-state index contributed by atoms with van der Waals surface area (Å²) in [5.74, 6) is 5.22. The van der Waals surface area contributed by atoms with E-state index in [1.54, 1.807) is 6.21 Å². The maximum absolute atomic E-state index is 5.22. The zero-order valence-electron chi connectivity index (χ0n) is 6.20. The van der Waals surface area contributed by atoms with E-state index in [1.807, 2.05) is 24.9 Å². The van der Waals surface area contributed by atoms with Crippen molar-refractivity contribution in [1.82, 2.24) is 10.3 Å². The molecule has 0 aromatic carbocycles. The Hall–Kier alpha value is -0.870. The Bertz CT molecular complexity index is 173. The molecule has 1 aliphatic heterocycles. The molecule has 0 aliphatic carbocycles. The van der Waals surface area contributed by atoms with Gasteiger partial charge < -0.3 is 4.90 Å². The van der Waals surface area contributed by atoms with E-state index in [9.17, 15) is 0 Å². The lowest BCUT2D eigenvalue weighted by Crippen LogP contribution is -2.46. The van der Waals surface area contributed by atoms with Crippen LogP contribution in [0.15, 0.2) is 16.8 Å². The van der Waals surface area contributed by atoms with Crippen molar-refractivity contribution in [3.05, 3.63) is 11.8 Å². The second-order valence-corrected chi connectivity index (χ2v) is 2.26. The number of aliphatic imine (C=N–C) groups is 1. The summed E-state index contributed by atoms with van der Waals surface area (Å²) in [5.41, 5.74) is 3.72. The summed E-state index contributed by atoms with van der Waals surface area (Å²) >= 11 is 0. The van der Waals surface area contributed by atoms with E-state index < -0.39 is 0 Å². The zero-order chi connectivity index (χ0) is 7.56. The first-order valence-corrected chi connectivity index (χ1v) is 3.14. The third-order valence-electron chi connectivity index (χ3n) is 1.62. The number of hydrazine groups is 1. The monoisotopic (exact) mass is 140 g/mol. The molecule has 0 spiro atoms. The van der Waals surface area contributed by atoms with E-state index in [0.717, 1.165) is 5.70 Å². The number of nitrogens with one attached hydrogen (secondary N) is 1. The number of allylic oxidation sites excluding steroid dienone is 2. The van der Waals surface area contributed by atoms with Crippen molar-refractivity contribution >= 4 is 6.21 Å². The SMILES string of the molecule is CC1=CC=NC(NN)N1C. The predicted molar refractivity (Wildman–Crippen MR) is 41.1 cm³/mol. The Kier molecular flexibility index (Phi) is 2.03. The quantitative estimate of drug-likeness (QED) is 0.387. The molecule has 4 nitrogen and oxygen atoms in total. The van der Waals surface area contributed by atoms with Gasteiger partial charge in [0.15, 0.2) is 6.29 Å². The van der Waals surface area contributed by atoms with Crippen LogP contribution in [0.4, 0.5) is 0 Å². The van der Waals surface area contributed by atoms with Crippen LogP contribution in [0.1, 0.15) is 6.92 Å². The third-order valence-corrected chi connectivity index (χ3v) is 1.62. The van der Waals surface area contributed by atoms with Gasteiger partial charge in [0.25, 0.3) is 0 Å². The van der Waals surface area contributed by atoms with Crippen LogP contribution in [-0.2, 0) is 0 Å². The summed E-state index contributed by atoms with van der Waals surface area (Å²) < 4.78 is 0. The molecule has 56 valence electrons. The minimum atomic E-state index is -0.106. The molecule has 1 atom stereocenters. The molecule has 1 aliphatic rings. The number of rotatable bonds is 1. The van der Waals surface area contributed by atoms with Crippen LogP contribution in [0.2, 0.25) is 0 Å². The molecule has 0 saturated heterocycles. The average molecular weight is 140 g/mol. The maximum Gasteiger partial charge on any atom is 0.187 e. The largest absolute Gasteiger partial charge is 0.344 e. The van der Waals surface area contributed by atoms with E-state index in [2.05, 4.69) is 10.4 Å². The Balaban J connectivity index is 2.68. The minimum Gasteiger partial charge on any atom is -0.344 e. The van der Waals surface area contributed by atoms with Crippen molar-refractivity contribution in [1.29, 1.82) is 0 Å². The lowest BCUT2D eigenvalue weighted by molar-refractivity contribution is 0.264. The van der Waals surface area contributed by atoms with Gasteiger partial charge in [-0.05, 0) is 13.0 Å². The molecule has 0 aromatic heterocycles. The van der Waals surface area contributed by atoms with Crippen molar-refractivity contribution < 1.29 is 0 Å². The maximum atomic E-state index is 5.22. The van der Waals surface area contributed by atoms with Crippen molar-refractivity contribution in [3.8, 4) is 0 Å². The van der Waals surface area contributed by atoms with Gasteiger partial charge in [0.2, 0.25) is 0 Å². The highest BCUT2D eigenvalue weighted by atomic mass is 15.4. The molecule has 0 radical (unpaired) electrons. The summed E-state index contributed by atoms with van der Waals surface area (Å²) in [6.07, 6.45) is 3.58. The van der Waals surface area contributed by atoms with Crippen LogP contribution in [0.3, 0.4) is 0 Å². The third kappa shape index (κ3) is 1.17. The summed E-state index contributed by atoms with van der Waals surface area (Å²) in [6.45, 7) is 2.01. The van der Waals surface area contributed by atoms with Gasteiger partial charge in [-0.1, -0.05) is 0 Å². The molecule has 1 unspecified atom stereocenters. The molecule has 4 heteroatoms. The molecular weight excluding hydrogens is 128 g/mol. The zero-order valence-corrected chi connectivity index (χ0v) is 6.20. The van der Waals surface area contributed by atoms with Gasteiger partial charge in [0.1, 0.15) is 0 Å². The topological polar surface area (TPSA) is 53.6 Å². The number of nitrogens with two attached hydrogens (primary N) is 1. The molecule has 10 heavy (non-hydrogen) atoms. The summed E-state index contributed by atoms with van der Waals surface area (Å²) in [7, 11) is 1.94. The van der Waals surface area contributed by atoms with Crippen molar-refractivity contribution in [2.75, 3.05) is 7.05 Å². The molecule has 1 rings (SSSR count). The van der Waals surface area contributed by atoms with Gasteiger partial charge in [-0.2, -0.15) is 0 Å². The van der Waals surface area contributed by atoms with Crippen molar-refractivity contribution in [3.63, 3.8) is 0 Å². The summed E-state index contributed by atoms with van der Waals surface area (Å²) in [5, 5.41) is 0. The lowest BCUT2D eigenvalue weighted by atomic mass is 10.3. The first kappa shape index (κ1) is 7.24. The van der Waals surface area contributed by atoms with Gasteiger partial charge in [-0.25, -0.2) is 5.43 Å². The first-order valence-electron chi connectivity index (χ1n) is 3.14. The molecule has 0 fully saturated rings. The Morgan fingerprint density at radius 1 is 1.80 bits per heavy atom. The fourth-order valence-corrected chi connectivity index (χ4v) is 0.798. The highest BCUT2D eigenvalue weighted by Crippen LogP contribution is 2.06. The highest BCUT2D eigenvalue weighted by Gasteiger charge is 2.12. The van der Waals surface area contributed by atoms with E-state index in [-0.39, 0.29) is 6.29 Å². The van der Waals surface area contributed by atoms with Crippen LogP contribution >= 0.6 is 0 Å². The molecule has 0 amide bonds. The van der Waals surface area contributed by atoms with Crippen LogP contribution in [0.5, 0.6) is 0 Å². The van der Waals surface area contributed by atoms with E-state index >= 15 is 0 Å².